The van der Waals surface area contributed by atoms with Gasteiger partial charge in [0, 0.05) is 49.5 Å². The SMILES string of the molecule is O=C(Nc1cccc(O)c1)c1csc(C(=O)Nc2cnccc2N2CCNCC2)n1. The summed E-state index contributed by atoms with van der Waals surface area (Å²) in [6.45, 7) is 3.42. The smallest absolute Gasteiger partial charge is 0.284 e. The highest BCUT2D eigenvalue weighted by atomic mass is 32.1. The molecule has 0 spiro atoms. The Morgan fingerprint density at radius 3 is 2.77 bits per heavy atom. The number of rotatable bonds is 5. The van der Waals surface area contributed by atoms with Crippen molar-refractivity contribution in [1.82, 2.24) is 15.3 Å². The van der Waals surface area contributed by atoms with Crippen LogP contribution in [0.5, 0.6) is 5.75 Å². The molecule has 0 saturated carbocycles. The van der Waals surface area contributed by atoms with E-state index in [4.69, 9.17) is 0 Å². The van der Waals surface area contributed by atoms with E-state index in [1.165, 1.54) is 17.5 Å². The zero-order valence-electron chi connectivity index (χ0n) is 16.0. The second-order valence-electron chi connectivity index (χ2n) is 6.63. The Hall–Kier alpha value is -3.50. The van der Waals surface area contributed by atoms with Crippen molar-refractivity contribution in [1.29, 1.82) is 0 Å². The summed E-state index contributed by atoms with van der Waals surface area (Å²) in [6, 6.07) is 8.08. The quantitative estimate of drug-likeness (QED) is 0.495. The van der Waals surface area contributed by atoms with Gasteiger partial charge < -0.3 is 26.0 Å². The molecular weight excluding hydrogens is 404 g/mol. The van der Waals surface area contributed by atoms with Gasteiger partial charge in [0.2, 0.25) is 0 Å². The molecule has 10 heteroatoms. The summed E-state index contributed by atoms with van der Waals surface area (Å²) in [4.78, 5) is 35.5. The third-order valence-electron chi connectivity index (χ3n) is 4.54. The summed E-state index contributed by atoms with van der Waals surface area (Å²) in [5.41, 5.74) is 2.07. The van der Waals surface area contributed by atoms with Crippen molar-refractivity contribution in [2.24, 2.45) is 0 Å². The summed E-state index contributed by atoms with van der Waals surface area (Å²) >= 11 is 1.08. The Morgan fingerprint density at radius 1 is 1.13 bits per heavy atom. The van der Waals surface area contributed by atoms with Gasteiger partial charge in [-0.25, -0.2) is 4.98 Å². The van der Waals surface area contributed by atoms with Crippen molar-refractivity contribution in [2.75, 3.05) is 41.7 Å². The molecule has 0 unspecified atom stereocenters. The van der Waals surface area contributed by atoms with Crippen molar-refractivity contribution in [2.45, 2.75) is 0 Å². The predicted molar refractivity (Wildman–Crippen MR) is 115 cm³/mol. The fourth-order valence-corrected chi connectivity index (χ4v) is 3.79. The number of carbonyl (C=O) groups is 2. The van der Waals surface area contributed by atoms with Crippen molar-refractivity contribution in [3.8, 4) is 5.75 Å². The molecule has 0 bridgehead atoms. The monoisotopic (exact) mass is 424 g/mol. The number of pyridine rings is 1. The van der Waals surface area contributed by atoms with E-state index in [2.05, 4.69) is 30.8 Å². The highest BCUT2D eigenvalue weighted by Gasteiger charge is 2.19. The standard InChI is InChI=1S/C20H20N6O3S/c27-14-3-1-2-13(10-14)23-18(28)16-12-30-20(25-16)19(29)24-15-11-22-5-4-17(15)26-8-6-21-7-9-26/h1-5,10-12,21,27H,6-9H2,(H,23,28)(H,24,29). The van der Waals surface area contributed by atoms with Crippen LogP contribution in [0.2, 0.25) is 0 Å². The van der Waals surface area contributed by atoms with E-state index in [0.717, 1.165) is 43.2 Å². The van der Waals surface area contributed by atoms with Crippen LogP contribution in [-0.4, -0.2) is 53.1 Å². The summed E-state index contributed by atoms with van der Waals surface area (Å²) in [7, 11) is 0. The number of amides is 2. The fraction of sp³-hybridized carbons (Fsp3) is 0.200. The first kappa shape index (κ1) is 19.8. The minimum Gasteiger partial charge on any atom is -0.508 e. The Bertz CT molecular complexity index is 1060. The number of carbonyl (C=O) groups excluding carboxylic acids is 2. The third-order valence-corrected chi connectivity index (χ3v) is 5.38. The number of piperazine rings is 1. The largest absolute Gasteiger partial charge is 0.508 e. The minimum absolute atomic E-state index is 0.0444. The number of hydrogen-bond acceptors (Lipinski definition) is 8. The lowest BCUT2D eigenvalue weighted by molar-refractivity contribution is 0.102. The summed E-state index contributed by atoms with van der Waals surface area (Å²) < 4.78 is 0. The maximum Gasteiger partial charge on any atom is 0.284 e. The number of phenols is 1. The van der Waals surface area contributed by atoms with Crippen LogP contribution < -0.4 is 20.9 Å². The Kier molecular flexibility index (Phi) is 5.87. The first-order valence-corrected chi connectivity index (χ1v) is 10.2. The maximum atomic E-state index is 12.7. The van der Waals surface area contributed by atoms with Crippen LogP contribution in [0.25, 0.3) is 0 Å². The van der Waals surface area contributed by atoms with Crippen molar-refractivity contribution >= 4 is 40.2 Å². The summed E-state index contributed by atoms with van der Waals surface area (Å²) in [5.74, 6) is -0.817. The molecule has 1 saturated heterocycles. The van der Waals surface area contributed by atoms with Gasteiger partial charge >= 0.3 is 0 Å². The molecule has 1 aliphatic heterocycles. The first-order valence-electron chi connectivity index (χ1n) is 9.37. The van der Waals surface area contributed by atoms with Gasteiger partial charge in [-0.3, -0.25) is 14.6 Å². The number of nitrogens with one attached hydrogen (secondary N) is 3. The Morgan fingerprint density at radius 2 is 1.97 bits per heavy atom. The molecule has 0 atom stereocenters. The van der Waals surface area contributed by atoms with Gasteiger partial charge in [0.05, 0.1) is 17.6 Å². The molecule has 3 heterocycles. The molecule has 154 valence electrons. The number of nitrogens with zero attached hydrogens (tertiary/aromatic N) is 3. The Balaban J connectivity index is 1.45. The number of thiazole rings is 1. The van der Waals surface area contributed by atoms with E-state index < -0.39 is 11.8 Å². The van der Waals surface area contributed by atoms with Crippen LogP contribution in [0.1, 0.15) is 20.3 Å². The second kappa shape index (κ2) is 8.89. The van der Waals surface area contributed by atoms with E-state index in [0.29, 0.717) is 11.4 Å². The third kappa shape index (κ3) is 4.56. The lowest BCUT2D eigenvalue weighted by atomic mass is 10.2. The van der Waals surface area contributed by atoms with Crippen LogP contribution in [0, 0.1) is 0 Å². The summed E-state index contributed by atoms with van der Waals surface area (Å²) in [5, 5.41) is 20.0. The van der Waals surface area contributed by atoms with Gasteiger partial charge in [-0.2, -0.15) is 0 Å². The molecule has 0 radical (unpaired) electrons. The molecule has 2 amide bonds. The second-order valence-corrected chi connectivity index (χ2v) is 7.48. The lowest BCUT2D eigenvalue weighted by Gasteiger charge is -2.30. The lowest BCUT2D eigenvalue weighted by Crippen LogP contribution is -2.43. The van der Waals surface area contributed by atoms with Gasteiger partial charge in [-0.1, -0.05) is 6.07 Å². The average Bonchev–Trinajstić information content (AvgIpc) is 3.25. The fourth-order valence-electron chi connectivity index (χ4n) is 3.10. The van der Waals surface area contributed by atoms with Crippen LogP contribution >= 0.6 is 11.3 Å². The van der Waals surface area contributed by atoms with Gasteiger partial charge in [-0.15, -0.1) is 11.3 Å². The van der Waals surface area contributed by atoms with E-state index in [1.54, 1.807) is 24.5 Å². The van der Waals surface area contributed by atoms with Gasteiger partial charge in [0.1, 0.15) is 11.4 Å². The number of benzene rings is 1. The molecule has 0 aliphatic carbocycles. The first-order chi connectivity index (χ1) is 14.6. The van der Waals surface area contributed by atoms with E-state index >= 15 is 0 Å². The molecule has 2 aromatic heterocycles. The maximum absolute atomic E-state index is 12.7. The van der Waals surface area contributed by atoms with E-state index in [1.807, 2.05) is 6.07 Å². The molecule has 4 N–H and O–H groups in total. The molecule has 9 nitrogen and oxygen atoms in total. The number of aromatic hydroxyl groups is 1. The number of aromatic nitrogens is 2. The topological polar surface area (TPSA) is 119 Å². The van der Waals surface area contributed by atoms with Gasteiger partial charge in [0.25, 0.3) is 11.8 Å². The summed E-state index contributed by atoms with van der Waals surface area (Å²) in [6.07, 6.45) is 3.30. The van der Waals surface area contributed by atoms with Crippen molar-refractivity contribution in [3.63, 3.8) is 0 Å². The Labute approximate surface area is 176 Å². The normalized spacial score (nSPS) is 13.7. The minimum atomic E-state index is -0.459. The highest BCUT2D eigenvalue weighted by Crippen LogP contribution is 2.26. The van der Waals surface area contributed by atoms with Crippen LogP contribution in [0.4, 0.5) is 17.1 Å². The molecule has 1 aromatic carbocycles. The molecule has 3 aromatic rings. The van der Waals surface area contributed by atoms with E-state index in [9.17, 15) is 14.7 Å². The zero-order valence-corrected chi connectivity index (χ0v) is 16.8. The van der Waals surface area contributed by atoms with Crippen LogP contribution in [0.15, 0.2) is 48.1 Å². The van der Waals surface area contributed by atoms with Crippen molar-refractivity contribution < 1.29 is 14.7 Å². The average molecular weight is 424 g/mol. The van der Waals surface area contributed by atoms with Crippen LogP contribution in [0.3, 0.4) is 0 Å². The number of phenolic OH excluding ortho intramolecular Hbond substituents is 1. The predicted octanol–water partition coefficient (Wildman–Crippen LogP) is 2.16. The molecule has 1 aliphatic rings. The molecule has 30 heavy (non-hydrogen) atoms. The van der Waals surface area contributed by atoms with Crippen LogP contribution in [-0.2, 0) is 0 Å². The highest BCUT2D eigenvalue weighted by molar-refractivity contribution is 7.12. The molecule has 4 rings (SSSR count). The van der Waals surface area contributed by atoms with Crippen molar-refractivity contribution in [3.05, 3.63) is 58.8 Å². The van der Waals surface area contributed by atoms with Gasteiger partial charge in [0.15, 0.2) is 5.01 Å². The molecular formula is C20H20N6O3S. The molecule has 1 fully saturated rings. The number of anilines is 3. The van der Waals surface area contributed by atoms with E-state index in [-0.39, 0.29) is 16.5 Å². The van der Waals surface area contributed by atoms with Gasteiger partial charge in [-0.05, 0) is 18.2 Å². The number of hydrogen-bond donors (Lipinski definition) is 4. The zero-order chi connectivity index (χ0) is 20.9.